The molecule has 1 spiro atoms. The molecule has 1 unspecified atom stereocenters. The maximum atomic E-state index is 12.8. The molecule has 1 heterocycles. The number of nitrogens with zero attached hydrogens (tertiary/aromatic N) is 2. The molecule has 0 radical (unpaired) electrons. The molecule has 0 aromatic heterocycles. The summed E-state index contributed by atoms with van der Waals surface area (Å²) < 4.78 is 4.94. The third-order valence-electron chi connectivity index (χ3n) is 5.48. The molecule has 5 amide bonds. The van der Waals surface area contributed by atoms with Crippen molar-refractivity contribution in [2.75, 3.05) is 23.9 Å². The van der Waals surface area contributed by atoms with Gasteiger partial charge in [-0.15, -0.1) is 0 Å². The van der Waals surface area contributed by atoms with Gasteiger partial charge in [-0.25, -0.2) is 14.5 Å². The number of hydrogen-bond donors (Lipinski definition) is 2. The summed E-state index contributed by atoms with van der Waals surface area (Å²) in [6.07, 6.45) is 2.51. The monoisotopic (exact) mass is 402 g/mol. The standard InChI is InChI=1S/C20H26N4O5/c1-4-29-19(28)23(3)15-9-7-14(8-10-15)21-16(25)13(2)24-17(26)20(22-18(24)27)11-5-6-12-20/h7-10,13H,4-6,11-12H2,1-3H3,(H,21,25)(H,22,27). The van der Waals surface area contributed by atoms with E-state index in [0.29, 0.717) is 24.2 Å². The zero-order chi connectivity index (χ0) is 21.2. The molecule has 1 saturated heterocycles. The van der Waals surface area contributed by atoms with Crippen molar-refractivity contribution in [3.8, 4) is 0 Å². The molecule has 0 bridgehead atoms. The second-order valence-corrected chi connectivity index (χ2v) is 7.36. The molecule has 2 N–H and O–H groups in total. The van der Waals surface area contributed by atoms with Crippen LogP contribution < -0.4 is 15.5 Å². The highest BCUT2D eigenvalue weighted by Crippen LogP contribution is 2.35. The van der Waals surface area contributed by atoms with E-state index in [4.69, 9.17) is 4.74 Å². The average molecular weight is 402 g/mol. The summed E-state index contributed by atoms with van der Waals surface area (Å²) in [6, 6.07) is 5.15. The fourth-order valence-corrected chi connectivity index (χ4v) is 3.77. The molecular formula is C20H26N4O5. The maximum absolute atomic E-state index is 12.8. The van der Waals surface area contributed by atoms with Gasteiger partial charge in [0.2, 0.25) is 5.91 Å². The van der Waals surface area contributed by atoms with Crippen LogP contribution >= 0.6 is 0 Å². The third-order valence-corrected chi connectivity index (χ3v) is 5.48. The van der Waals surface area contributed by atoms with Crippen LogP contribution in [0.2, 0.25) is 0 Å². The molecule has 2 fully saturated rings. The van der Waals surface area contributed by atoms with Crippen molar-refractivity contribution in [3.05, 3.63) is 24.3 Å². The topological polar surface area (TPSA) is 108 Å². The van der Waals surface area contributed by atoms with Crippen LogP contribution in [-0.2, 0) is 14.3 Å². The van der Waals surface area contributed by atoms with Crippen molar-refractivity contribution in [1.82, 2.24) is 10.2 Å². The van der Waals surface area contributed by atoms with Gasteiger partial charge in [-0.05, 0) is 51.0 Å². The number of benzene rings is 1. The quantitative estimate of drug-likeness (QED) is 0.736. The Labute approximate surface area is 169 Å². The van der Waals surface area contributed by atoms with E-state index < -0.39 is 29.6 Å². The smallest absolute Gasteiger partial charge is 0.413 e. The van der Waals surface area contributed by atoms with Crippen molar-refractivity contribution in [2.24, 2.45) is 0 Å². The van der Waals surface area contributed by atoms with Gasteiger partial charge < -0.3 is 15.4 Å². The van der Waals surface area contributed by atoms with Crippen molar-refractivity contribution in [1.29, 1.82) is 0 Å². The summed E-state index contributed by atoms with van der Waals surface area (Å²) >= 11 is 0. The molecule has 156 valence electrons. The summed E-state index contributed by atoms with van der Waals surface area (Å²) in [5, 5.41) is 5.49. The van der Waals surface area contributed by atoms with Crippen LogP contribution in [0.3, 0.4) is 0 Å². The summed E-state index contributed by atoms with van der Waals surface area (Å²) in [4.78, 5) is 51.9. The highest BCUT2D eigenvalue weighted by Gasteiger charge is 2.54. The van der Waals surface area contributed by atoms with Gasteiger partial charge >= 0.3 is 12.1 Å². The lowest BCUT2D eigenvalue weighted by molar-refractivity contribution is -0.136. The van der Waals surface area contributed by atoms with Crippen LogP contribution in [0, 0.1) is 0 Å². The van der Waals surface area contributed by atoms with Crippen LogP contribution in [0.5, 0.6) is 0 Å². The van der Waals surface area contributed by atoms with E-state index in [1.54, 1.807) is 38.2 Å². The third kappa shape index (κ3) is 3.90. The first-order chi connectivity index (χ1) is 13.8. The molecule has 29 heavy (non-hydrogen) atoms. The van der Waals surface area contributed by atoms with Gasteiger partial charge in [0.25, 0.3) is 5.91 Å². The maximum Gasteiger partial charge on any atom is 0.413 e. The molecular weight excluding hydrogens is 376 g/mol. The van der Waals surface area contributed by atoms with Crippen molar-refractivity contribution < 1.29 is 23.9 Å². The lowest BCUT2D eigenvalue weighted by atomic mass is 9.97. The Morgan fingerprint density at radius 3 is 2.45 bits per heavy atom. The normalized spacial score (nSPS) is 18.5. The molecule has 3 rings (SSSR count). The van der Waals surface area contributed by atoms with Gasteiger partial charge in [-0.3, -0.25) is 14.5 Å². The van der Waals surface area contributed by atoms with Crippen molar-refractivity contribution in [2.45, 2.75) is 51.1 Å². The zero-order valence-corrected chi connectivity index (χ0v) is 16.9. The van der Waals surface area contributed by atoms with E-state index in [0.717, 1.165) is 17.7 Å². The Balaban J connectivity index is 1.65. The Morgan fingerprint density at radius 1 is 1.24 bits per heavy atom. The Kier molecular flexibility index (Phi) is 5.76. The Bertz CT molecular complexity index is 817. The van der Waals surface area contributed by atoms with Crippen LogP contribution in [0.15, 0.2) is 24.3 Å². The summed E-state index contributed by atoms with van der Waals surface area (Å²) in [7, 11) is 1.59. The second kappa shape index (κ2) is 8.10. The van der Waals surface area contributed by atoms with E-state index >= 15 is 0 Å². The highest BCUT2D eigenvalue weighted by atomic mass is 16.6. The number of carbonyl (C=O) groups excluding carboxylic acids is 4. The number of ether oxygens (including phenoxy) is 1. The molecule has 1 aliphatic heterocycles. The van der Waals surface area contributed by atoms with Gasteiger partial charge in [-0.1, -0.05) is 12.8 Å². The number of nitrogens with one attached hydrogen (secondary N) is 2. The molecule has 1 aromatic carbocycles. The fraction of sp³-hybridized carbons (Fsp3) is 0.500. The number of hydrogen-bond acceptors (Lipinski definition) is 5. The Morgan fingerprint density at radius 2 is 1.86 bits per heavy atom. The average Bonchev–Trinajstić information content (AvgIpc) is 3.26. The lowest BCUT2D eigenvalue weighted by Gasteiger charge is -2.23. The number of rotatable bonds is 5. The fourth-order valence-electron chi connectivity index (χ4n) is 3.77. The number of urea groups is 1. The molecule has 1 aromatic rings. The molecule has 9 heteroatoms. The van der Waals surface area contributed by atoms with Gasteiger partial charge in [0, 0.05) is 18.4 Å². The number of anilines is 2. The summed E-state index contributed by atoms with van der Waals surface area (Å²) in [5.74, 6) is -0.788. The van der Waals surface area contributed by atoms with Crippen molar-refractivity contribution in [3.63, 3.8) is 0 Å². The van der Waals surface area contributed by atoms with E-state index in [1.165, 1.54) is 11.8 Å². The molecule has 2 aliphatic rings. The van der Waals surface area contributed by atoms with Gasteiger partial charge in [0.05, 0.1) is 6.61 Å². The van der Waals surface area contributed by atoms with Crippen LogP contribution in [-0.4, -0.2) is 54.1 Å². The van der Waals surface area contributed by atoms with Gasteiger partial charge in [0.1, 0.15) is 11.6 Å². The number of amides is 5. The highest BCUT2D eigenvalue weighted by molar-refractivity contribution is 6.11. The lowest BCUT2D eigenvalue weighted by Crippen LogP contribution is -2.48. The first kappa shape index (κ1) is 20.6. The molecule has 1 aliphatic carbocycles. The SMILES string of the molecule is CCOC(=O)N(C)c1ccc(NC(=O)C(C)N2C(=O)NC3(CCCC3)C2=O)cc1. The predicted molar refractivity (Wildman–Crippen MR) is 107 cm³/mol. The van der Waals surface area contributed by atoms with E-state index in [9.17, 15) is 19.2 Å². The minimum atomic E-state index is -0.940. The summed E-state index contributed by atoms with van der Waals surface area (Å²) in [6.45, 7) is 3.54. The first-order valence-electron chi connectivity index (χ1n) is 9.76. The number of imide groups is 1. The van der Waals surface area contributed by atoms with Gasteiger partial charge in [0.15, 0.2) is 0 Å². The van der Waals surface area contributed by atoms with Gasteiger partial charge in [-0.2, -0.15) is 0 Å². The van der Waals surface area contributed by atoms with Crippen LogP contribution in [0.25, 0.3) is 0 Å². The predicted octanol–water partition coefficient (Wildman–Crippen LogP) is 2.47. The van der Waals surface area contributed by atoms with E-state index in [1.807, 2.05) is 0 Å². The summed E-state index contributed by atoms with van der Waals surface area (Å²) in [5.41, 5.74) is 0.252. The largest absolute Gasteiger partial charge is 0.449 e. The minimum absolute atomic E-state index is 0.277. The molecule has 9 nitrogen and oxygen atoms in total. The Hall–Kier alpha value is -3.10. The minimum Gasteiger partial charge on any atom is -0.449 e. The second-order valence-electron chi connectivity index (χ2n) is 7.36. The number of carbonyl (C=O) groups is 4. The van der Waals surface area contributed by atoms with Crippen LogP contribution in [0.1, 0.15) is 39.5 Å². The van der Waals surface area contributed by atoms with E-state index in [-0.39, 0.29) is 12.5 Å². The molecule has 1 saturated carbocycles. The first-order valence-corrected chi connectivity index (χ1v) is 9.76. The zero-order valence-electron chi connectivity index (χ0n) is 16.9. The van der Waals surface area contributed by atoms with E-state index in [2.05, 4.69) is 10.6 Å². The molecule has 1 atom stereocenters. The van der Waals surface area contributed by atoms with Crippen LogP contribution in [0.4, 0.5) is 21.0 Å². The van der Waals surface area contributed by atoms with Crippen molar-refractivity contribution >= 4 is 35.3 Å².